The number of carbonyl (C=O) groups is 1. The van der Waals surface area contributed by atoms with Gasteiger partial charge in [0.15, 0.2) is 0 Å². The molecule has 0 aliphatic rings. The molecule has 0 heterocycles. The standard InChI is InChI=1S/C11H13FO3/c1-7-8(3-2-4-11(14)15)10(13)6-5-9(7)12/h5-6,13H,2-4H2,1H3,(H,14,15). The van der Waals surface area contributed by atoms with Crippen LogP contribution in [0.25, 0.3) is 0 Å². The highest BCUT2D eigenvalue weighted by molar-refractivity contribution is 5.66. The minimum absolute atomic E-state index is 0.0232. The fourth-order valence-corrected chi connectivity index (χ4v) is 1.45. The number of carboxylic acid groups (broad SMARTS) is 1. The van der Waals surface area contributed by atoms with E-state index >= 15 is 0 Å². The Bertz CT molecular complexity index is 374. The van der Waals surface area contributed by atoms with Crippen LogP contribution in [-0.4, -0.2) is 16.2 Å². The van der Waals surface area contributed by atoms with E-state index in [4.69, 9.17) is 5.11 Å². The zero-order chi connectivity index (χ0) is 11.4. The van der Waals surface area contributed by atoms with Crippen LogP contribution in [-0.2, 0) is 11.2 Å². The van der Waals surface area contributed by atoms with Crippen molar-refractivity contribution in [2.45, 2.75) is 26.2 Å². The Kier molecular flexibility index (Phi) is 3.66. The number of hydrogen-bond acceptors (Lipinski definition) is 2. The molecule has 0 fully saturated rings. The van der Waals surface area contributed by atoms with Crippen molar-refractivity contribution in [2.75, 3.05) is 0 Å². The summed E-state index contributed by atoms with van der Waals surface area (Å²) in [6.45, 7) is 1.57. The normalized spacial score (nSPS) is 10.3. The molecular weight excluding hydrogens is 199 g/mol. The Morgan fingerprint density at radius 3 is 2.73 bits per heavy atom. The molecule has 3 nitrogen and oxygen atoms in total. The van der Waals surface area contributed by atoms with Crippen molar-refractivity contribution in [3.63, 3.8) is 0 Å². The molecule has 0 atom stereocenters. The molecule has 0 saturated heterocycles. The van der Waals surface area contributed by atoms with Crippen LogP contribution < -0.4 is 0 Å². The molecule has 0 amide bonds. The van der Waals surface area contributed by atoms with Crippen LogP contribution in [0.15, 0.2) is 12.1 Å². The fourth-order valence-electron chi connectivity index (χ4n) is 1.45. The van der Waals surface area contributed by atoms with E-state index in [1.54, 1.807) is 6.92 Å². The predicted octanol–water partition coefficient (Wildman–Crippen LogP) is 2.25. The van der Waals surface area contributed by atoms with Gasteiger partial charge < -0.3 is 10.2 Å². The highest BCUT2D eigenvalue weighted by atomic mass is 19.1. The first kappa shape index (κ1) is 11.5. The van der Waals surface area contributed by atoms with Crippen LogP contribution in [0.5, 0.6) is 5.75 Å². The van der Waals surface area contributed by atoms with Gasteiger partial charge in [-0.25, -0.2) is 4.39 Å². The summed E-state index contributed by atoms with van der Waals surface area (Å²) in [6, 6.07) is 2.49. The van der Waals surface area contributed by atoms with Crippen molar-refractivity contribution in [1.29, 1.82) is 0 Å². The minimum Gasteiger partial charge on any atom is -0.508 e. The molecule has 0 radical (unpaired) electrons. The molecule has 0 aromatic heterocycles. The Hall–Kier alpha value is -1.58. The Morgan fingerprint density at radius 2 is 2.13 bits per heavy atom. The third-order valence-corrected chi connectivity index (χ3v) is 2.33. The number of phenolic OH excluding ortho intramolecular Hbond substituents is 1. The van der Waals surface area contributed by atoms with Gasteiger partial charge in [0.25, 0.3) is 0 Å². The van der Waals surface area contributed by atoms with E-state index in [-0.39, 0.29) is 18.0 Å². The molecule has 0 unspecified atom stereocenters. The van der Waals surface area contributed by atoms with E-state index in [0.29, 0.717) is 24.0 Å². The summed E-state index contributed by atoms with van der Waals surface area (Å²) >= 11 is 0. The van der Waals surface area contributed by atoms with Gasteiger partial charge in [0.2, 0.25) is 0 Å². The molecule has 0 aliphatic carbocycles. The van der Waals surface area contributed by atoms with Gasteiger partial charge in [0.05, 0.1) is 0 Å². The zero-order valence-electron chi connectivity index (χ0n) is 8.46. The van der Waals surface area contributed by atoms with Crippen LogP contribution >= 0.6 is 0 Å². The molecule has 0 aliphatic heterocycles. The second kappa shape index (κ2) is 4.77. The molecule has 0 bridgehead atoms. The number of benzene rings is 1. The maximum Gasteiger partial charge on any atom is 0.303 e. The predicted molar refractivity (Wildman–Crippen MR) is 53.4 cm³/mol. The number of aromatic hydroxyl groups is 1. The summed E-state index contributed by atoms with van der Waals surface area (Å²) in [6.07, 6.45) is 0.796. The summed E-state index contributed by atoms with van der Waals surface area (Å²) in [7, 11) is 0. The number of halogens is 1. The van der Waals surface area contributed by atoms with Gasteiger partial charge in [0, 0.05) is 6.42 Å². The molecule has 1 rings (SSSR count). The van der Waals surface area contributed by atoms with Crippen LogP contribution in [0.1, 0.15) is 24.0 Å². The smallest absolute Gasteiger partial charge is 0.303 e. The summed E-state index contributed by atoms with van der Waals surface area (Å²) < 4.78 is 13.1. The van der Waals surface area contributed by atoms with Gasteiger partial charge in [0.1, 0.15) is 11.6 Å². The second-order valence-electron chi connectivity index (χ2n) is 3.42. The summed E-state index contributed by atoms with van der Waals surface area (Å²) in [5.41, 5.74) is 0.886. The van der Waals surface area contributed by atoms with Gasteiger partial charge in [-0.1, -0.05) is 0 Å². The lowest BCUT2D eigenvalue weighted by Crippen LogP contribution is -1.98. The van der Waals surface area contributed by atoms with Crippen molar-refractivity contribution < 1.29 is 19.4 Å². The van der Waals surface area contributed by atoms with Gasteiger partial charge in [-0.15, -0.1) is 0 Å². The zero-order valence-corrected chi connectivity index (χ0v) is 8.46. The largest absolute Gasteiger partial charge is 0.508 e. The highest BCUT2D eigenvalue weighted by Crippen LogP contribution is 2.24. The van der Waals surface area contributed by atoms with Crippen LogP contribution in [0, 0.1) is 12.7 Å². The number of hydrogen-bond donors (Lipinski definition) is 2. The van der Waals surface area contributed by atoms with E-state index in [2.05, 4.69) is 0 Å². The molecule has 4 heteroatoms. The van der Waals surface area contributed by atoms with Crippen molar-refractivity contribution in [3.05, 3.63) is 29.1 Å². The quantitative estimate of drug-likeness (QED) is 0.804. The molecule has 82 valence electrons. The molecular formula is C11H13FO3. The topological polar surface area (TPSA) is 57.5 Å². The third kappa shape index (κ3) is 2.94. The van der Waals surface area contributed by atoms with Gasteiger partial charge in [-0.3, -0.25) is 4.79 Å². The second-order valence-corrected chi connectivity index (χ2v) is 3.42. The molecule has 0 spiro atoms. The van der Waals surface area contributed by atoms with Crippen LogP contribution in [0.2, 0.25) is 0 Å². The van der Waals surface area contributed by atoms with E-state index in [9.17, 15) is 14.3 Å². The van der Waals surface area contributed by atoms with Crippen LogP contribution in [0.4, 0.5) is 4.39 Å². The van der Waals surface area contributed by atoms with E-state index < -0.39 is 5.97 Å². The first-order chi connectivity index (χ1) is 7.02. The Labute approximate surface area is 87.2 Å². The maximum atomic E-state index is 13.1. The monoisotopic (exact) mass is 212 g/mol. The first-order valence-corrected chi connectivity index (χ1v) is 4.71. The average Bonchev–Trinajstić information content (AvgIpc) is 2.17. The maximum absolute atomic E-state index is 13.1. The van der Waals surface area contributed by atoms with E-state index in [0.717, 1.165) is 0 Å². The number of phenols is 1. The molecule has 1 aromatic carbocycles. The summed E-state index contributed by atoms with van der Waals surface area (Å²) in [5, 5.41) is 17.9. The van der Waals surface area contributed by atoms with Crippen molar-refractivity contribution >= 4 is 5.97 Å². The molecule has 15 heavy (non-hydrogen) atoms. The fraction of sp³-hybridized carbons (Fsp3) is 0.364. The lowest BCUT2D eigenvalue weighted by molar-refractivity contribution is -0.137. The van der Waals surface area contributed by atoms with Crippen molar-refractivity contribution in [1.82, 2.24) is 0 Å². The Morgan fingerprint density at radius 1 is 1.47 bits per heavy atom. The summed E-state index contributed by atoms with van der Waals surface area (Å²) in [4.78, 5) is 10.3. The minimum atomic E-state index is -0.886. The van der Waals surface area contributed by atoms with E-state index in [1.165, 1.54) is 12.1 Å². The number of carboxylic acids is 1. The van der Waals surface area contributed by atoms with Crippen LogP contribution in [0.3, 0.4) is 0 Å². The van der Waals surface area contributed by atoms with Gasteiger partial charge in [-0.05, 0) is 43.0 Å². The van der Waals surface area contributed by atoms with Crippen molar-refractivity contribution in [2.24, 2.45) is 0 Å². The number of aliphatic carboxylic acids is 1. The summed E-state index contributed by atoms with van der Waals surface area (Å²) in [5.74, 6) is -1.24. The lowest BCUT2D eigenvalue weighted by atomic mass is 10.0. The number of rotatable bonds is 4. The highest BCUT2D eigenvalue weighted by Gasteiger charge is 2.09. The lowest BCUT2D eigenvalue weighted by Gasteiger charge is -2.08. The molecule has 2 N–H and O–H groups in total. The van der Waals surface area contributed by atoms with Crippen molar-refractivity contribution in [3.8, 4) is 5.75 Å². The van der Waals surface area contributed by atoms with Gasteiger partial charge >= 0.3 is 5.97 Å². The van der Waals surface area contributed by atoms with E-state index in [1.807, 2.05) is 0 Å². The molecule has 1 aromatic rings. The average molecular weight is 212 g/mol. The third-order valence-electron chi connectivity index (χ3n) is 2.33. The molecule has 0 saturated carbocycles. The SMILES string of the molecule is Cc1c(F)ccc(O)c1CCCC(=O)O. The van der Waals surface area contributed by atoms with Gasteiger partial charge in [-0.2, -0.15) is 0 Å². The Balaban J connectivity index is 2.75. The first-order valence-electron chi connectivity index (χ1n) is 4.71.